The van der Waals surface area contributed by atoms with E-state index in [0.717, 1.165) is 0 Å². The minimum Gasteiger partial charge on any atom is -0.395 e. The Hall–Kier alpha value is -1.05. The highest BCUT2D eigenvalue weighted by atomic mass is 19.1. The highest BCUT2D eigenvalue weighted by Crippen LogP contribution is 2.07. The van der Waals surface area contributed by atoms with Crippen molar-refractivity contribution < 1.29 is 24.4 Å². The Bertz CT molecular complexity index is 360. The van der Waals surface area contributed by atoms with Crippen LogP contribution in [0.4, 0.5) is 4.39 Å². The number of halogens is 1. The summed E-state index contributed by atoms with van der Waals surface area (Å²) in [5.41, 5.74) is 0.436. The number of aliphatic hydroxyl groups excluding tert-OH is 3. The third kappa shape index (κ3) is 6.09. The van der Waals surface area contributed by atoms with E-state index in [-0.39, 0.29) is 38.8 Å². The average Bonchev–Trinajstić information content (AvgIpc) is 2.42. The molecule has 0 saturated heterocycles. The van der Waals surface area contributed by atoms with Gasteiger partial charge in [-0.25, -0.2) is 4.39 Å². The van der Waals surface area contributed by atoms with Gasteiger partial charge >= 0.3 is 0 Å². The average molecular weight is 273 g/mol. The molecule has 1 atom stereocenters. The molecule has 6 heteroatoms. The predicted molar refractivity (Wildman–Crippen MR) is 68.0 cm³/mol. The Balaban J connectivity index is 2.20. The molecule has 1 rings (SSSR count). The maximum absolute atomic E-state index is 13.2. The second-order valence-corrected chi connectivity index (χ2v) is 4.23. The van der Waals surface area contributed by atoms with E-state index in [0.29, 0.717) is 5.56 Å². The number of hydrogen-bond acceptors (Lipinski definition) is 5. The standard InChI is InChI=1S/C13H20FNO4/c14-13-4-2-1-3-10(13)8-19-9-12(18)5-15-11(6-16)7-17/h1-4,11-12,15-18H,5-9H2. The van der Waals surface area contributed by atoms with Crippen LogP contribution in [0.25, 0.3) is 0 Å². The van der Waals surface area contributed by atoms with Gasteiger partial charge in [-0.2, -0.15) is 0 Å². The first-order chi connectivity index (χ1) is 9.17. The first-order valence-electron chi connectivity index (χ1n) is 6.11. The quantitative estimate of drug-likeness (QED) is 0.494. The molecule has 0 aliphatic heterocycles. The second kappa shape index (κ2) is 8.95. The molecule has 0 amide bonds. The van der Waals surface area contributed by atoms with Crippen molar-refractivity contribution >= 4 is 0 Å². The topological polar surface area (TPSA) is 82.0 Å². The third-order valence-electron chi connectivity index (χ3n) is 2.61. The lowest BCUT2D eigenvalue weighted by molar-refractivity contribution is 0.0242. The molecule has 108 valence electrons. The van der Waals surface area contributed by atoms with Gasteiger partial charge in [-0.1, -0.05) is 18.2 Å². The van der Waals surface area contributed by atoms with Crippen LogP contribution in [0.1, 0.15) is 5.56 Å². The van der Waals surface area contributed by atoms with Crippen LogP contribution in [-0.2, 0) is 11.3 Å². The lowest BCUT2D eigenvalue weighted by Crippen LogP contribution is -2.41. The van der Waals surface area contributed by atoms with E-state index in [9.17, 15) is 9.50 Å². The van der Waals surface area contributed by atoms with Crippen molar-refractivity contribution in [2.24, 2.45) is 0 Å². The molecular weight excluding hydrogens is 253 g/mol. The van der Waals surface area contributed by atoms with E-state index in [1.807, 2.05) is 0 Å². The van der Waals surface area contributed by atoms with Crippen LogP contribution in [0, 0.1) is 5.82 Å². The zero-order chi connectivity index (χ0) is 14.1. The first-order valence-corrected chi connectivity index (χ1v) is 6.11. The fourth-order valence-corrected chi connectivity index (χ4v) is 1.47. The number of nitrogens with one attached hydrogen (secondary N) is 1. The number of benzene rings is 1. The van der Waals surface area contributed by atoms with Crippen LogP contribution in [0.2, 0.25) is 0 Å². The lowest BCUT2D eigenvalue weighted by atomic mass is 10.2. The van der Waals surface area contributed by atoms with Crippen LogP contribution in [0.3, 0.4) is 0 Å². The van der Waals surface area contributed by atoms with Crippen molar-refractivity contribution in [2.45, 2.75) is 18.8 Å². The molecular formula is C13H20FNO4. The normalized spacial score (nSPS) is 12.9. The predicted octanol–water partition coefficient (Wildman–Crippen LogP) is -0.354. The minimum atomic E-state index is -0.785. The zero-order valence-corrected chi connectivity index (χ0v) is 10.6. The summed E-state index contributed by atoms with van der Waals surface area (Å²) in [7, 11) is 0. The summed E-state index contributed by atoms with van der Waals surface area (Å²) < 4.78 is 18.5. The Morgan fingerprint density at radius 2 is 1.89 bits per heavy atom. The number of aliphatic hydroxyl groups is 3. The number of ether oxygens (including phenoxy) is 1. The monoisotopic (exact) mass is 273 g/mol. The van der Waals surface area contributed by atoms with Gasteiger partial charge in [0.2, 0.25) is 0 Å². The fourth-order valence-electron chi connectivity index (χ4n) is 1.47. The summed E-state index contributed by atoms with van der Waals surface area (Å²) in [5.74, 6) is -0.337. The van der Waals surface area contributed by atoms with Gasteiger partial charge in [-0.15, -0.1) is 0 Å². The van der Waals surface area contributed by atoms with E-state index in [2.05, 4.69) is 5.32 Å². The van der Waals surface area contributed by atoms with Crippen LogP contribution >= 0.6 is 0 Å². The second-order valence-electron chi connectivity index (χ2n) is 4.23. The maximum Gasteiger partial charge on any atom is 0.128 e. The molecule has 0 fully saturated rings. The Kier molecular flexibility index (Phi) is 7.54. The van der Waals surface area contributed by atoms with Crippen LogP contribution < -0.4 is 5.32 Å². The van der Waals surface area contributed by atoms with Crippen molar-refractivity contribution in [3.8, 4) is 0 Å². The molecule has 0 heterocycles. The Labute approximate surface area is 111 Å². The van der Waals surface area contributed by atoms with E-state index >= 15 is 0 Å². The van der Waals surface area contributed by atoms with Gasteiger partial charge in [0, 0.05) is 12.1 Å². The molecule has 0 saturated carbocycles. The van der Waals surface area contributed by atoms with Crippen molar-refractivity contribution in [1.29, 1.82) is 0 Å². The van der Waals surface area contributed by atoms with E-state index in [4.69, 9.17) is 14.9 Å². The summed E-state index contributed by atoms with van der Waals surface area (Å²) in [5, 5.41) is 30.0. The molecule has 0 aliphatic rings. The number of hydrogen-bond donors (Lipinski definition) is 4. The molecule has 19 heavy (non-hydrogen) atoms. The van der Waals surface area contributed by atoms with Crippen LogP contribution in [-0.4, -0.2) is 53.8 Å². The molecule has 1 aromatic rings. The van der Waals surface area contributed by atoms with E-state index < -0.39 is 12.1 Å². The zero-order valence-electron chi connectivity index (χ0n) is 10.6. The van der Waals surface area contributed by atoms with E-state index in [1.54, 1.807) is 18.2 Å². The van der Waals surface area contributed by atoms with Crippen molar-refractivity contribution in [3.05, 3.63) is 35.6 Å². The number of rotatable bonds is 9. The maximum atomic E-state index is 13.2. The Morgan fingerprint density at radius 1 is 1.21 bits per heavy atom. The van der Waals surface area contributed by atoms with Gasteiger partial charge in [0.15, 0.2) is 0 Å². The smallest absolute Gasteiger partial charge is 0.128 e. The molecule has 5 nitrogen and oxygen atoms in total. The molecule has 0 spiro atoms. The summed E-state index contributed by atoms with van der Waals surface area (Å²) in [6.07, 6.45) is -0.785. The van der Waals surface area contributed by atoms with Gasteiger partial charge in [-0.3, -0.25) is 0 Å². The fraction of sp³-hybridized carbons (Fsp3) is 0.538. The summed E-state index contributed by atoms with van der Waals surface area (Å²) >= 11 is 0. The first kappa shape index (κ1) is 16.0. The molecule has 0 aromatic heterocycles. The van der Waals surface area contributed by atoms with Gasteiger partial charge in [-0.05, 0) is 6.07 Å². The van der Waals surface area contributed by atoms with Crippen molar-refractivity contribution in [3.63, 3.8) is 0 Å². The molecule has 1 aromatic carbocycles. The van der Waals surface area contributed by atoms with Gasteiger partial charge in [0.25, 0.3) is 0 Å². The van der Waals surface area contributed by atoms with Gasteiger partial charge in [0.05, 0.1) is 38.6 Å². The molecule has 4 N–H and O–H groups in total. The SMILES string of the molecule is OCC(CO)NCC(O)COCc1ccccc1F. The summed E-state index contributed by atoms with van der Waals surface area (Å²) in [4.78, 5) is 0. The molecule has 0 radical (unpaired) electrons. The minimum absolute atomic E-state index is 0.0465. The van der Waals surface area contributed by atoms with E-state index in [1.165, 1.54) is 6.07 Å². The van der Waals surface area contributed by atoms with Crippen molar-refractivity contribution in [2.75, 3.05) is 26.4 Å². The van der Waals surface area contributed by atoms with Crippen LogP contribution in [0.5, 0.6) is 0 Å². The summed E-state index contributed by atoms with van der Waals surface area (Å²) in [6, 6.07) is 5.83. The van der Waals surface area contributed by atoms with Gasteiger partial charge in [0.1, 0.15) is 5.82 Å². The van der Waals surface area contributed by atoms with Gasteiger partial charge < -0.3 is 25.4 Å². The molecule has 1 unspecified atom stereocenters. The summed E-state index contributed by atoms with van der Waals surface area (Å²) in [6.45, 7) is -0.0975. The highest BCUT2D eigenvalue weighted by molar-refractivity contribution is 5.16. The largest absolute Gasteiger partial charge is 0.395 e. The third-order valence-corrected chi connectivity index (χ3v) is 2.61. The lowest BCUT2D eigenvalue weighted by Gasteiger charge is -2.17. The molecule has 0 aliphatic carbocycles. The van der Waals surface area contributed by atoms with Crippen LogP contribution in [0.15, 0.2) is 24.3 Å². The Morgan fingerprint density at radius 3 is 2.53 bits per heavy atom. The van der Waals surface area contributed by atoms with Crippen molar-refractivity contribution in [1.82, 2.24) is 5.32 Å². The molecule has 0 bridgehead atoms. The highest BCUT2D eigenvalue weighted by Gasteiger charge is 2.09.